The molecule has 0 spiro atoms. The van der Waals surface area contributed by atoms with E-state index < -0.39 is 5.97 Å². The quantitative estimate of drug-likeness (QED) is 0.530. The van der Waals surface area contributed by atoms with Crippen LogP contribution in [-0.4, -0.2) is 26.6 Å². The maximum Gasteiger partial charge on any atom is 0.344 e. The molecule has 0 saturated carbocycles. The van der Waals surface area contributed by atoms with Crippen molar-refractivity contribution in [1.29, 1.82) is 0 Å². The monoisotopic (exact) mass is 374 g/mol. The molecule has 4 aromatic rings. The molecule has 1 atom stereocenters. The van der Waals surface area contributed by atoms with Crippen molar-refractivity contribution in [1.82, 2.24) is 14.5 Å². The fourth-order valence-electron chi connectivity index (χ4n) is 3.17. The van der Waals surface area contributed by atoms with Crippen molar-refractivity contribution in [3.8, 4) is 0 Å². The van der Waals surface area contributed by atoms with Crippen LogP contribution in [0.15, 0.2) is 54.6 Å². The van der Waals surface area contributed by atoms with Gasteiger partial charge in [0, 0.05) is 0 Å². The number of para-hydroxylation sites is 2. The molecular weight excluding hydrogens is 352 g/mol. The van der Waals surface area contributed by atoms with E-state index in [1.807, 2.05) is 73.0 Å². The van der Waals surface area contributed by atoms with E-state index >= 15 is 0 Å². The van der Waals surface area contributed by atoms with E-state index in [-0.39, 0.29) is 11.7 Å². The Hall–Kier alpha value is -3.41. The number of carbonyl (C=O) groups is 1. The van der Waals surface area contributed by atoms with Crippen molar-refractivity contribution in [3.63, 3.8) is 0 Å². The molecule has 2 N–H and O–H groups in total. The average molecular weight is 374 g/mol. The van der Waals surface area contributed by atoms with Gasteiger partial charge in [-0.3, -0.25) is 0 Å². The summed E-state index contributed by atoms with van der Waals surface area (Å²) in [5.74, 6) is -0.143. The molecule has 0 bridgehead atoms. The number of nitrogens with two attached hydrogens (primary N) is 1. The number of aromatic nitrogens is 3. The van der Waals surface area contributed by atoms with Crippen LogP contribution in [0.5, 0.6) is 0 Å². The van der Waals surface area contributed by atoms with E-state index in [0.29, 0.717) is 29.0 Å². The lowest BCUT2D eigenvalue weighted by Gasteiger charge is -2.11. The number of anilines is 1. The number of ether oxygens (including phenoxy) is 1. The third-order valence-corrected chi connectivity index (χ3v) is 4.86. The van der Waals surface area contributed by atoms with E-state index in [2.05, 4.69) is 0 Å². The minimum absolute atomic E-state index is 0.201. The lowest BCUT2D eigenvalue weighted by Crippen LogP contribution is -2.16. The van der Waals surface area contributed by atoms with Gasteiger partial charge >= 0.3 is 5.97 Å². The summed E-state index contributed by atoms with van der Waals surface area (Å²) in [6.45, 7) is 4.32. The molecule has 0 saturated heterocycles. The Balaban J connectivity index is 1.93. The number of carbonyl (C=O) groups excluding carboxylic acids is 1. The minimum Gasteiger partial charge on any atom is -0.459 e. The van der Waals surface area contributed by atoms with Gasteiger partial charge in [-0.05, 0) is 31.0 Å². The summed E-state index contributed by atoms with van der Waals surface area (Å²) in [6.07, 6.45) is 0.524. The Labute approximate surface area is 163 Å². The molecule has 6 nitrogen and oxygen atoms in total. The summed E-state index contributed by atoms with van der Waals surface area (Å²) in [7, 11) is 0. The first-order valence-electron chi connectivity index (χ1n) is 9.37. The standard InChI is InChI=1S/C22H22N4O2/c1-3-14(2)28-22(27)18-19-21(25-17-12-8-7-11-16(17)24-19)26(20(18)23)13-15-9-5-4-6-10-15/h4-12,14H,3,13,23H2,1-2H3/t14-/m1/s1. The molecule has 28 heavy (non-hydrogen) atoms. The van der Waals surface area contributed by atoms with Gasteiger partial charge in [0.15, 0.2) is 5.65 Å². The molecule has 4 rings (SSSR count). The van der Waals surface area contributed by atoms with Crippen molar-refractivity contribution >= 4 is 34.0 Å². The predicted octanol–water partition coefficient (Wildman–Crippen LogP) is 4.17. The molecule has 0 fully saturated rings. The van der Waals surface area contributed by atoms with Gasteiger partial charge in [-0.25, -0.2) is 14.8 Å². The van der Waals surface area contributed by atoms with Crippen LogP contribution in [0, 0.1) is 0 Å². The summed E-state index contributed by atoms with van der Waals surface area (Å²) in [6, 6.07) is 17.5. The number of rotatable bonds is 5. The van der Waals surface area contributed by atoms with Gasteiger partial charge in [0.05, 0.1) is 23.7 Å². The first-order valence-corrected chi connectivity index (χ1v) is 9.37. The number of nitrogens with zero attached hydrogens (tertiary/aromatic N) is 3. The highest BCUT2D eigenvalue weighted by atomic mass is 16.5. The number of fused-ring (bicyclic) bond motifs is 2. The van der Waals surface area contributed by atoms with E-state index in [4.69, 9.17) is 20.4 Å². The van der Waals surface area contributed by atoms with Gasteiger partial charge < -0.3 is 15.0 Å². The van der Waals surface area contributed by atoms with Crippen LogP contribution in [0.25, 0.3) is 22.2 Å². The highest BCUT2D eigenvalue weighted by Crippen LogP contribution is 2.29. The molecule has 0 aliphatic carbocycles. The van der Waals surface area contributed by atoms with E-state index in [1.54, 1.807) is 0 Å². The Kier molecular flexibility index (Phi) is 4.69. The summed E-state index contributed by atoms with van der Waals surface area (Å²) in [5, 5.41) is 0. The second-order valence-electron chi connectivity index (χ2n) is 6.84. The van der Waals surface area contributed by atoms with Crippen LogP contribution in [0.3, 0.4) is 0 Å². The maximum atomic E-state index is 12.9. The molecular formula is C22H22N4O2. The van der Waals surface area contributed by atoms with Crippen molar-refractivity contribution in [3.05, 3.63) is 65.7 Å². The number of esters is 1. The Bertz CT molecular complexity index is 1150. The second-order valence-corrected chi connectivity index (χ2v) is 6.84. The zero-order chi connectivity index (χ0) is 19.7. The lowest BCUT2D eigenvalue weighted by atomic mass is 10.2. The van der Waals surface area contributed by atoms with Gasteiger partial charge in [0.25, 0.3) is 0 Å². The topological polar surface area (TPSA) is 83.0 Å². The first kappa shape index (κ1) is 18.0. The van der Waals surface area contributed by atoms with E-state index in [9.17, 15) is 4.79 Å². The number of hydrogen-bond acceptors (Lipinski definition) is 5. The van der Waals surface area contributed by atoms with Crippen molar-refractivity contribution < 1.29 is 9.53 Å². The summed E-state index contributed by atoms with van der Waals surface area (Å²) in [5.41, 5.74) is 10.3. The fraction of sp³-hybridized carbons (Fsp3) is 0.227. The Morgan fingerprint density at radius 1 is 1.07 bits per heavy atom. The normalized spacial score (nSPS) is 12.4. The SMILES string of the molecule is CC[C@@H](C)OC(=O)c1c(N)n(Cc2ccccc2)c2nc3ccccc3nc12. The fourth-order valence-corrected chi connectivity index (χ4v) is 3.17. The van der Waals surface area contributed by atoms with Crippen LogP contribution in [0.4, 0.5) is 5.82 Å². The summed E-state index contributed by atoms with van der Waals surface area (Å²) < 4.78 is 7.38. The largest absolute Gasteiger partial charge is 0.459 e. The molecule has 2 aromatic carbocycles. The molecule has 6 heteroatoms. The molecule has 2 heterocycles. The van der Waals surface area contributed by atoms with Gasteiger partial charge in [0.1, 0.15) is 16.9 Å². The molecule has 0 unspecified atom stereocenters. The third kappa shape index (κ3) is 3.17. The van der Waals surface area contributed by atoms with E-state index in [1.165, 1.54) is 0 Å². The average Bonchev–Trinajstić information content (AvgIpc) is 2.97. The highest BCUT2D eigenvalue weighted by Gasteiger charge is 2.26. The predicted molar refractivity (Wildman–Crippen MR) is 110 cm³/mol. The van der Waals surface area contributed by atoms with E-state index in [0.717, 1.165) is 17.5 Å². The van der Waals surface area contributed by atoms with Crippen molar-refractivity contribution in [2.24, 2.45) is 0 Å². The Morgan fingerprint density at radius 3 is 2.39 bits per heavy atom. The first-order chi connectivity index (χ1) is 13.6. The second kappa shape index (κ2) is 7.31. The zero-order valence-electron chi connectivity index (χ0n) is 15.9. The molecule has 142 valence electrons. The zero-order valence-corrected chi connectivity index (χ0v) is 15.9. The highest BCUT2D eigenvalue weighted by molar-refractivity contribution is 6.08. The van der Waals surface area contributed by atoms with Gasteiger partial charge in [-0.2, -0.15) is 0 Å². The summed E-state index contributed by atoms with van der Waals surface area (Å²) in [4.78, 5) is 22.3. The van der Waals surface area contributed by atoms with Crippen LogP contribution < -0.4 is 5.73 Å². The van der Waals surface area contributed by atoms with Crippen LogP contribution in [0.2, 0.25) is 0 Å². The van der Waals surface area contributed by atoms with Gasteiger partial charge in [0.2, 0.25) is 0 Å². The molecule has 0 radical (unpaired) electrons. The molecule has 0 aliphatic rings. The number of nitrogen functional groups attached to an aromatic ring is 1. The maximum absolute atomic E-state index is 12.9. The third-order valence-electron chi connectivity index (χ3n) is 4.86. The lowest BCUT2D eigenvalue weighted by molar-refractivity contribution is 0.0338. The van der Waals surface area contributed by atoms with Crippen molar-refractivity contribution in [2.45, 2.75) is 32.9 Å². The molecule has 0 aliphatic heterocycles. The van der Waals surface area contributed by atoms with Crippen molar-refractivity contribution in [2.75, 3.05) is 5.73 Å². The minimum atomic E-state index is -0.465. The smallest absolute Gasteiger partial charge is 0.344 e. The van der Waals surface area contributed by atoms with Crippen LogP contribution >= 0.6 is 0 Å². The number of benzene rings is 2. The molecule has 0 amide bonds. The van der Waals surface area contributed by atoms with Crippen LogP contribution in [0.1, 0.15) is 36.2 Å². The summed E-state index contributed by atoms with van der Waals surface area (Å²) >= 11 is 0. The van der Waals surface area contributed by atoms with Crippen LogP contribution in [-0.2, 0) is 11.3 Å². The van der Waals surface area contributed by atoms with Gasteiger partial charge in [-0.1, -0.05) is 49.4 Å². The van der Waals surface area contributed by atoms with Gasteiger partial charge in [-0.15, -0.1) is 0 Å². The Morgan fingerprint density at radius 2 is 1.71 bits per heavy atom. The number of hydrogen-bond donors (Lipinski definition) is 1. The molecule has 2 aromatic heterocycles.